The largest absolute Gasteiger partial charge is 0.494 e. The number of carbonyl (C=O) groups excluding carboxylic acids is 1. The first-order valence-electron chi connectivity index (χ1n) is 7.72. The van der Waals surface area contributed by atoms with Crippen molar-refractivity contribution in [1.82, 2.24) is 0 Å². The quantitative estimate of drug-likeness (QED) is 0.652. The highest BCUT2D eigenvalue weighted by Crippen LogP contribution is 2.34. The van der Waals surface area contributed by atoms with Gasteiger partial charge in [-0.1, -0.05) is 31.0 Å². The summed E-state index contributed by atoms with van der Waals surface area (Å²) in [5.74, 6) is -0.0431. The summed E-state index contributed by atoms with van der Waals surface area (Å²) in [6.45, 7) is 2.56. The van der Waals surface area contributed by atoms with Gasteiger partial charge in [0.15, 0.2) is 0 Å². The van der Waals surface area contributed by atoms with E-state index in [1.54, 1.807) is 18.2 Å². The lowest BCUT2D eigenvalue weighted by atomic mass is 10.1. The Morgan fingerprint density at radius 3 is 2.64 bits per heavy atom. The van der Waals surface area contributed by atoms with Crippen LogP contribution in [0.3, 0.4) is 0 Å². The van der Waals surface area contributed by atoms with Crippen LogP contribution in [0.5, 0.6) is 5.75 Å². The highest BCUT2D eigenvalue weighted by molar-refractivity contribution is 6.34. The molecule has 7 heteroatoms. The van der Waals surface area contributed by atoms with Crippen LogP contribution < -0.4 is 10.1 Å². The van der Waals surface area contributed by atoms with Gasteiger partial charge in [-0.05, 0) is 42.8 Å². The molecule has 0 aliphatic rings. The second kappa shape index (κ2) is 8.25. The Labute approximate surface area is 148 Å². The molecule has 0 aromatic heterocycles. The van der Waals surface area contributed by atoms with Gasteiger partial charge in [0.2, 0.25) is 0 Å². The van der Waals surface area contributed by atoms with Gasteiger partial charge < -0.3 is 10.1 Å². The third kappa shape index (κ3) is 5.39. The second-order valence-electron chi connectivity index (χ2n) is 5.38. The number of ether oxygens (including phenoxy) is 1. The van der Waals surface area contributed by atoms with Crippen molar-refractivity contribution in [2.24, 2.45) is 0 Å². The van der Waals surface area contributed by atoms with Crippen LogP contribution >= 0.6 is 11.6 Å². The van der Waals surface area contributed by atoms with Crippen LogP contribution in [0, 0.1) is 0 Å². The zero-order valence-electron chi connectivity index (χ0n) is 13.5. The average Bonchev–Trinajstić information content (AvgIpc) is 2.56. The predicted octanol–water partition coefficient (Wildman–Crippen LogP) is 5.79. The van der Waals surface area contributed by atoms with Crippen LogP contribution in [0.15, 0.2) is 42.5 Å². The molecule has 1 amide bonds. The van der Waals surface area contributed by atoms with Crippen molar-refractivity contribution >= 4 is 23.2 Å². The Hall–Kier alpha value is -2.21. The minimum Gasteiger partial charge on any atom is -0.494 e. The fraction of sp³-hybridized carbons (Fsp3) is 0.278. The number of benzene rings is 2. The summed E-state index contributed by atoms with van der Waals surface area (Å²) in [7, 11) is 0. The fourth-order valence-electron chi connectivity index (χ4n) is 2.05. The molecule has 0 bridgehead atoms. The standard InChI is InChI=1S/C18H17ClF3NO2/c1-2-3-9-25-14-6-4-5-12(10-14)17(24)23-16-11-13(18(20,21)22)7-8-15(16)19/h4-8,10-11H,2-3,9H2,1H3,(H,23,24). The number of alkyl halides is 3. The first kappa shape index (κ1) is 19.1. The van der Waals surface area contributed by atoms with E-state index in [9.17, 15) is 18.0 Å². The molecule has 0 unspecified atom stereocenters. The summed E-state index contributed by atoms with van der Waals surface area (Å²) >= 11 is 5.89. The van der Waals surface area contributed by atoms with Gasteiger partial charge in [-0.25, -0.2) is 0 Å². The number of unbranched alkanes of at least 4 members (excludes halogenated alkanes) is 1. The van der Waals surface area contributed by atoms with E-state index in [0.29, 0.717) is 12.4 Å². The van der Waals surface area contributed by atoms with E-state index < -0.39 is 17.6 Å². The topological polar surface area (TPSA) is 38.3 Å². The molecular weight excluding hydrogens is 355 g/mol. The van der Waals surface area contributed by atoms with Crippen molar-refractivity contribution in [3.63, 3.8) is 0 Å². The van der Waals surface area contributed by atoms with Gasteiger partial charge in [0.25, 0.3) is 5.91 Å². The Balaban J connectivity index is 2.16. The Kier molecular flexibility index (Phi) is 6.31. The summed E-state index contributed by atoms with van der Waals surface area (Å²) in [4.78, 5) is 12.3. The van der Waals surface area contributed by atoms with Crippen LogP contribution in [0.25, 0.3) is 0 Å². The Morgan fingerprint density at radius 2 is 1.96 bits per heavy atom. The van der Waals surface area contributed by atoms with E-state index in [-0.39, 0.29) is 16.3 Å². The second-order valence-corrected chi connectivity index (χ2v) is 5.78. The highest BCUT2D eigenvalue weighted by atomic mass is 35.5. The van der Waals surface area contributed by atoms with Gasteiger partial charge in [-0.2, -0.15) is 13.2 Å². The lowest BCUT2D eigenvalue weighted by Crippen LogP contribution is -2.14. The Morgan fingerprint density at radius 1 is 1.20 bits per heavy atom. The van der Waals surface area contributed by atoms with E-state index in [0.717, 1.165) is 31.0 Å². The summed E-state index contributed by atoms with van der Waals surface area (Å²) < 4.78 is 43.9. The molecule has 2 aromatic carbocycles. The molecule has 0 radical (unpaired) electrons. The Bertz CT molecular complexity index is 747. The first-order chi connectivity index (χ1) is 11.8. The van der Waals surface area contributed by atoms with E-state index in [4.69, 9.17) is 16.3 Å². The fourth-order valence-corrected chi connectivity index (χ4v) is 2.22. The van der Waals surface area contributed by atoms with Crippen LogP contribution in [0.1, 0.15) is 35.7 Å². The third-order valence-electron chi connectivity index (χ3n) is 3.40. The summed E-state index contributed by atoms with van der Waals surface area (Å²) in [5.41, 5.74) is -0.717. The maximum Gasteiger partial charge on any atom is 0.416 e. The van der Waals surface area contributed by atoms with Crippen molar-refractivity contribution in [3.8, 4) is 5.75 Å². The molecule has 0 saturated carbocycles. The van der Waals surface area contributed by atoms with Gasteiger partial charge in [0.05, 0.1) is 22.9 Å². The SMILES string of the molecule is CCCCOc1cccc(C(=O)Nc2cc(C(F)(F)F)ccc2Cl)c1. The van der Waals surface area contributed by atoms with E-state index in [2.05, 4.69) is 5.32 Å². The smallest absolute Gasteiger partial charge is 0.416 e. The van der Waals surface area contributed by atoms with Crippen LogP contribution in [-0.2, 0) is 6.18 Å². The molecule has 0 atom stereocenters. The average molecular weight is 372 g/mol. The number of nitrogens with one attached hydrogen (secondary N) is 1. The zero-order chi connectivity index (χ0) is 18.4. The number of anilines is 1. The summed E-state index contributed by atoms with van der Waals surface area (Å²) in [6, 6.07) is 9.20. The van der Waals surface area contributed by atoms with Gasteiger partial charge >= 0.3 is 6.18 Å². The molecule has 0 spiro atoms. The molecule has 2 rings (SSSR count). The van der Waals surface area contributed by atoms with Gasteiger partial charge in [-0.15, -0.1) is 0 Å². The normalized spacial score (nSPS) is 11.2. The molecule has 2 aromatic rings. The van der Waals surface area contributed by atoms with Crippen molar-refractivity contribution in [2.75, 3.05) is 11.9 Å². The van der Waals surface area contributed by atoms with Crippen LogP contribution in [0.2, 0.25) is 5.02 Å². The lowest BCUT2D eigenvalue weighted by Gasteiger charge is -2.12. The molecular formula is C18H17ClF3NO2. The van der Waals surface area contributed by atoms with Gasteiger partial charge in [-0.3, -0.25) is 4.79 Å². The summed E-state index contributed by atoms with van der Waals surface area (Å²) in [6.07, 6.45) is -2.65. The third-order valence-corrected chi connectivity index (χ3v) is 3.73. The number of carbonyl (C=O) groups is 1. The van der Waals surface area contributed by atoms with Crippen molar-refractivity contribution in [3.05, 3.63) is 58.6 Å². The summed E-state index contributed by atoms with van der Waals surface area (Å²) in [5, 5.41) is 2.43. The van der Waals surface area contributed by atoms with E-state index in [1.807, 2.05) is 6.92 Å². The number of rotatable bonds is 6. The molecule has 0 heterocycles. The van der Waals surface area contributed by atoms with Crippen LogP contribution in [-0.4, -0.2) is 12.5 Å². The maximum atomic E-state index is 12.8. The molecule has 25 heavy (non-hydrogen) atoms. The lowest BCUT2D eigenvalue weighted by molar-refractivity contribution is -0.137. The number of hydrogen-bond acceptors (Lipinski definition) is 2. The molecule has 0 fully saturated rings. The molecule has 0 aliphatic heterocycles. The molecule has 134 valence electrons. The monoisotopic (exact) mass is 371 g/mol. The number of hydrogen-bond donors (Lipinski definition) is 1. The van der Waals surface area contributed by atoms with Crippen molar-refractivity contribution in [2.45, 2.75) is 25.9 Å². The molecule has 3 nitrogen and oxygen atoms in total. The first-order valence-corrected chi connectivity index (χ1v) is 8.10. The van der Waals surface area contributed by atoms with E-state index >= 15 is 0 Å². The van der Waals surface area contributed by atoms with Crippen molar-refractivity contribution in [1.29, 1.82) is 0 Å². The predicted molar refractivity (Wildman–Crippen MR) is 91.3 cm³/mol. The minimum absolute atomic E-state index is 0.0247. The highest BCUT2D eigenvalue weighted by Gasteiger charge is 2.31. The number of amides is 1. The van der Waals surface area contributed by atoms with Crippen LogP contribution in [0.4, 0.5) is 18.9 Å². The zero-order valence-corrected chi connectivity index (χ0v) is 14.2. The maximum absolute atomic E-state index is 12.8. The van der Waals surface area contributed by atoms with Gasteiger partial charge in [0.1, 0.15) is 5.75 Å². The number of halogens is 4. The van der Waals surface area contributed by atoms with E-state index in [1.165, 1.54) is 6.07 Å². The van der Waals surface area contributed by atoms with Crippen molar-refractivity contribution < 1.29 is 22.7 Å². The molecule has 1 N–H and O–H groups in total. The van der Waals surface area contributed by atoms with Gasteiger partial charge in [0, 0.05) is 5.56 Å². The molecule has 0 aliphatic carbocycles. The minimum atomic E-state index is -4.52. The molecule has 0 saturated heterocycles.